The van der Waals surface area contributed by atoms with Gasteiger partial charge in [0.25, 0.3) is 0 Å². The Balaban J connectivity index is 0.00000364. The highest BCUT2D eigenvalue weighted by Crippen LogP contribution is 2.23. The van der Waals surface area contributed by atoms with Gasteiger partial charge in [-0.15, -0.1) is 24.0 Å². The van der Waals surface area contributed by atoms with Crippen LogP contribution in [0.15, 0.2) is 29.3 Å². The molecule has 0 bridgehead atoms. The van der Waals surface area contributed by atoms with Crippen molar-refractivity contribution >= 4 is 41.5 Å². The van der Waals surface area contributed by atoms with Crippen LogP contribution in [0, 0.1) is 5.92 Å². The minimum absolute atomic E-state index is 0. The lowest BCUT2D eigenvalue weighted by Crippen LogP contribution is -2.44. The van der Waals surface area contributed by atoms with Gasteiger partial charge in [0.2, 0.25) is 5.91 Å². The molecule has 0 aliphatic heterocycles. The zero-order valence-corrected chi connectivity index (χ0v) is 19.2. The molecule has 3 N–H and O–H groups in total. The summed E-state index contributed by atoms with van der Waals surface area (Å²) in [4.78, 5) is 18.1. The topological polar surface area (TPSA) is 68.8 Å². The fourth-order valence-electron chi connectivity index (χ4n) is 3.22. The highest BCUT2D eigenvalue weighted by atomic mass is 127. The second-order valence-corrected chi connectivity index (χ2v) is 7.51. The Bertz CT molecular complexity index is 612. The van der Waals surface area contributed by atoms with Crippen LogP contribution in [-0.2, 0) is 11.3 Å². The number of guanidine groups is 1. The lowest BCUT2D eigenvalue weighted by Gasteiger charge is -2.28. The summed E-state index contributed by atoms with van der Waals surface area (Å²) in [5.74, 6) is 1.67. The zero-order valence-electron chi connectivity index (χ0n) is 16.9. The first-order valence-corrected chi connectivity index (χ1v) is 9.47. The zero-order chi connectivity index (χ0) is 18.9. The third-order valence-corrected chi connectivity index (χ3v) is 4.71. The van der Waals surface area contributed by atoms with E-state index in [2.05, 4.69) is 27.9 Å². The highest BCUT2D eigenvalue weighted by Gasteiger charge is 2.18. The van der Waals surface area contributed by atoms with Crippen LogP contribution >= 0.6 is 24.0 Å². The summed E-state index contributed by atoms with van der Waals surface area (Å²) in [6.45, 7) is 3.37. The summed E-state index contributed by atoms with van der Waals surface area (Å²) in [5.41, 5.74) is 1.92. The van der Waals surface area contributed by atoms with E-state index in [4.69, 9.17) is 0 Å². The molecule has 27 heavy (non-hydrogen) atoms. The van der Waals surface area contributed by atoms with Gasteiger partial charge in [-0.05, 0) is 63.4 Å². The van der Waals surface area contributed by atoms with Crippen LogP contribution in [0.4, 0.5) is 5.69 Å². The fourth-order valence-corrected chi connectivity index (χ4v) is 3.22. The summed E-state index contributed by atoms with van der Waals surface area (Å²) in [6, 6.07) is 8.42. The maximum atomic E-state index is 11.9. The van der Waals surface area contributed by atoms with Crippen LogP contribution in [0.5, 0.6) is 0 Å². The van der Waals surface area contributed by atoms with Gasteiger partial charge in [0.1, 0.15) is 0 Å². The Morgan fingerprint density at radius 1 is 1.22 bits per heavy atom. The summed E-state index contributed by atoms with van der Waals surface area (Å²) in [7, 11) is 5.57. The predicted molar refractivity (Wildman–Crippen MR) is 124 cm³/mol. The van der Waals surface area contributed by atoms with Gasteiger partial charge in [-0.1, -0.05) is 19.1 Å². The maximum absolute atomic E-state index is 11.9. The SMILES string of the molecule is CN=C(NCc1cccc(NC(=O)CN(C)C)c1)NC1CCC(C)CC1.I. The molecule has 0 atom stereocenters. The molecule has 1 aliphatic carbocycles. The molecule has 0 unspecified atom stereocenters. The Morgan fingerprint density at radius 2 is 1.93 bits per heavy atom. The average molecular weight is 487 g/mol. The quantitative estimate of drug-likeness (QED) is 0.328. The van der Waals surface area contributed by atoms with Gasteiger partial charge < -0.3 is 20.9 Å². The molecular formula is C20H34IN5O. The number of halogens is 1. The smallest absolute Gasteiger partial charge is 0.238 e. The molecule has 1 saturated carbocycles. The van der Waals surface area contributed by atoms with Crippen LogP contribution in [0.2, 0.25) is 0 Å². The first-order chi connectivity index (χ1) is 12.5. The number of nitrogens with zero attached hydrogens (tertiary/aromatic N) is 2. The van der Waals surface area contributed by atoms with Gasteiger partial charge in [0.15, 0.2) is 5.96 Å². The van der Waals surface area contributed by atoms with Crippen molar-refractivity contribution in [2.75, 3.05) is 33.0 Å². The molecule has 1 amide bonds. The van der Waals surface area contributed by atoms with Crippen LogP contribution in [0.3, 0.4) is 0 Å². The van der Waals surface area contributed by atoms with Crippen molar-refractivity contribution < 1.29 is 4.79 Å². The van der Waals surface area contributed by atoms with E-state index in [1.165, 1.54) is 25.7 Å². The third-order valence-electron chi connectivity index (χ3n) is 4.71. The number of likely N-dealkylation sites (N-methyl/N-ethyl adjacent to an activating group) is 1. The van der Waals surface area contributed by atoms with Gasteiger partial charge in [-0.25, -0.2) is 0 Å². The van der Waals surface area contributed by atoms with E-state index in [1.807, 2.05) is 43.3 Å². The Hall–Kier alpha value is -1.35. The largest absolute Gasteiger partial charge is 0.354 e. The van der Waals surface area contributed by atoms with Gasteiger partial charge >= 0.3 is 0 Å². The van der Waals surface area contributed by atoms with Gasteiger partial charge in [0, 0.05) is 25.3 Å². The molecule has 1 aromatic carbocycles. The molecule has 152 valence electrons. The lowest BCUT2D eigenvalue weighted by molar-refractivity contribution is -0.116. The predicted octanol–water partition coefficient (Wildman–Crippen LogP) is 3.05. The number of benzene rings is 1. The van der Waals surface area contributed by atoms with Crippen molar-refractivity contribution in [1.29, 1.82) is 0 Å². The van der Waals surface area contributed by atoms with Crippen LogP contribution in [0.25, 0.3) is 0 Å². The van der Waals surface area contributed by atoms with E-state index in [0.717, 1.165) is 23.1 Å². The second-order valence-electron chi connectivity index (χ2n) is 7.51. The van der Waals surface area contributed by atoms with Crippen LogP contribution < -0.4 is 16.0 Å². The number of anilines is 1. The number of rotatable bonds is 6. The normalized spacial score (nSPS) is 20.0. The van der Waals surface area contributed by atoms with E-state index < -0.39 is 0 Å². The standard InChI is InChI=1S/C20H33N5O.HI/c1-15-8-10-17(11-9-15)24-20(21-2)22-13-16-6-5-7-18(12-16)23-19(26)14-25(3)4;/h5-7,12,15,17H,8-11,13-14H2,1-4H3,(H,23,26)(H2,21,22,24);1H. The number of hydrogen-bond donors (Lipinski definition) is 3. The van der Waals surface area contributed by atoms with Crippen molar-refractivity contribution in [2.45, 2.75) is 45.2 Å². The molecule has 7 heteroatoms. The Morgan fingerprint density at radius 3 is 2.56 bits per heavy atom. The maximum Gasteiger partial charge on any atom is 0.238 e. The molecule has 1 fully saturated rings. The average Bonchev–Trinajstić information content (AvgIpc) is 2.60. The molecule has 0 aromatic heterocycles. The molecule has 0 radical (unpaired) electrons. The minimum atomic E-state index is -0.0101. The highest BCUT2D eigenvalue weighted by molar-refractivity contribution is 14.0. The Kier molecular flexibility index (Phi) is 10.7. The molecule has 0 heterocycles. The summed E-state index contributed by atoms with van der Waals surface area (Å²) in [5, 5.41) is 9.83. The molecule has 2 rings (SSSR count). The van der Waals surface area contributed by atoms with E-state index >= 15 is 0 Å². The molecule has 0 saturated heterocycles. The van der Waals surface area contributed by atoms with Crippen molar-refractivity contribution in [3.8, 4) is 0 Å². The van der Waals surface area contributed by atoms with Crippen LogP contribution in [-0.4, -0.2) is 50.5 Å². The number of carbonyl (C=O) groups is 1. The minimum Gasteiger partial charge on any atom is -0.354 e. The van der Waals surface area contributed by atoms with Crippen molar-refractivity contribution in [3.05, 3.63) is 29.8 Å². The van der Waals surface area contributed by atoms with E-state index in [-0.39, 0.29) is 29.9 Å². The number of nitrogens with one attached hydrogen (secondary N) is 3. The summed E-state index contributed by atoms with van der Waals surface area (Å²) in [6.07, 6.45) is 4.97. The number of aliphatic imine (C=N–C) groups is 1. The van der Waals surface area contributed by atoms with Crippen molar-refractivity contribution in [3.63, 3.8) is 0 Å². The molecule has 0 spiro atoms. The molecular weight excluding hydrogens is 453 g/mol. The van der Waals surface area contributed by atoms with E-state index in [9.17, 15) is 4.79 Å². The molecule has 1 aliphatic rings. The van der Waals surface area contributed by atoms with E-state index in [1.54, 1.807) is 7.05 Å². The monoisotopic (exact) mass is 487 g/mol. The first-order valence-electron chi connectivity index (χ1n) is 9.47. The number of amides is 1. The molecule has 6 nitrogen and oxygen atoms in total. The van der Waals surface area contributed by atoms with Crippen molar-refractivity contribution in [2.24, 2.45) is 10.9 Å². The van der Waals surface area contributed by atoms with E-state index in [0.29, 0.717) is 19.1 Å². The number of hydrogen-bond acceptors (Lipinski definition) is 3. The summed E-state index contributed by atoms with van der Waals surface area (Å²) >= 11 is 0. The Labute approximate surface area is 180 Å². The summed E-state index contributed by atoms with van der Waals surface area (Å²) < 4.78 is 0. The lowest BCUT2D eigenvalue weighted by atomic mass is 9.87. The van der Waals surface area contributed by atoms with Gasteiger partial charge in [-0.3, -0.25) is 9.79 Å². The van der Waals surface area contributed by atoms with Crippen molar-refractivity contribution in [1.82, 2.24) is 15.5 Å². The van der Waals surface area contributed by atoms with Gasteiger partial charge in [0.05, 0.1) is 6.54 Å². The fraction of sp³-hybridized carbons (Fsp3) is 0.600. The molecule has 1 aromatic rings. The van der Waals surface area contributed by atoms with Gasteiger partial charge in [-0.2, -0.15) is 0 Å². The third kappa shape index (κ3) is 8.92. The first kappa shape index (κ1) is 23.7. The van der Waals surface area contributed by atoms with Crippen LogP contribution in [0.1, 0.15) is 38.2 Å². The number of carbonyl (C=O) groups excluding carboxylic acids is 1. The second kappa shape index (κ2) is 12.2.